The van der Waals surface area contributed by atoms with E-state index in [0.717, 1.165) is 19.3 Å². The van der Waals surface area contributed by atoms with Crippen molar-refractivity contribution in [1.29, 1.82) is 0 Å². The Labute approximate surface area is 119 Å². The third-order valence-corrected chi connectivity index (χ3v) is 5.53. The van der Waals surface area contributed by atoms with E-state index < -0.39 is 5.97 Å². The number of rotatable bonds is 4. The van der Waals surface area contributed by atoms with Gasteiger partial charge in [0.15, 0.2) is 0 Å². The van der Waals surface area contributed by atoms with E-state index in [1.807, 2.05) is 0 Å². The van der Waals surface area contributed by atoms with Gasteiger partial charge in [0.1, 0.15) is 0 Å². The summed E-state index contributed by atoms with van der Waals surface area (Å²) in [4.78, 5) is 15.0. The normalized spacial score (nSPS) is 29.4. The Kier molecular flexibility index (Phi) is 4.63. The van der Waals surface area contributed by atoms with Crippen LogP contribution in [0.5, 0.6) is 0 Å². The molecule has 1 fully saturated rings. The van der Waals surface area contributed by atoms with Gasteiger partial charge in [-0.1, -0.05) is 13.0 Å². The van der Waals surface area contributed by atoms with Gasteiger partial charge >= 0.3 is 5.97 Å². The molecule has 19 heavy (non-hydrogen) atoms. The fourth-order valence-corrected chi connectivity index (χ4v) is 3.94. The summed E-state index contributed by atoms with van der Waals surface area (Å²) in [6.07, 6.45) is 2.83. The van der Waals surface area contributed by atoms with E-state index in [0.29, 0.717) is 5.92 Å². The van der Waals surface area contributed by atoms with E-state index in [-0.39, 0.29) is 18.0 Å². The minimum atomic E-state index is -0.637. The van der Waals surface area contributed by atoms with Gasteiger partial charge in [0.05, 0.1) is 5.92 Å². The van der Waals surface area contributed by atoms with Gasteiger partial charge in [-0.2, -0.15) is 0 Å². The van der Waals surface area contributed by atoms with Crippen molar-refractivity contribution in [2.24, 2.45) is 11.8 Å². The average molecular weight is 281 g/mol. The molecule has 0 aromatic carbocycles. The van der Waals surface area contributed by atoms with Crippen LogP contribution in [0, 0.1) is 11.8 Å². The third kappa shape index (κ3) is 3.18. The van der Waals surface area contributed by atoms with Crippen LogP contribution in [0.3, 0.4) is 0 Å². The van der Waals surface area contributed by atoms with E-state index >= 15 is 0 Å². The highest BCUT2D eigenvalue weighted by atomic mass is 32.1. The van der Waals surface area contributed by atoms with Crippen molar-refractivity contribution >= 4 is 17.3 Å². The van der Waals surface area contributed by atoms with Gasteiger partial charge in [0, 0.05) is 17.0 Å². The predicted molar refractivity (Wildman–Crippen MR) is 78.4 cm³/mol. The summed E-state index contributed by atoms with van der Waals surface area (Å²) in [7, 11) is 2.07. The molecule has 4 heteroatoms. The zero-order valence-corrected chi connectivity index (χ0v) is 12.7. The van der Waals surface area contributed by atoms with Gasteiger partial charge in [0.25, 0.3) is 0 Å². The van der Waals surface area contributed by atoms with E-state index in [9.17, 15) is 9.90 Å². The molecule has 0 radical (unpaired) electrons. The minimum Gasteiger partial charge on any atom is -0.481 e. The van der Waals surface area contributed by atoms with Crippen LogP contribution in [0.1, 0.15) is 44.0 Å². The number of carbonyl (C=O) groups is 1. The summed E-state index contributed by atoms with van der Waals surface area (Å²) in [5.74, 6) is -0.232. The SMILES string of the molecule is CC1CCC(C(=O)O)C(N(C)C(C)c2cccs2)C1. The standard InChI is InChI=1S/C15H23NO2S/c1-10-6-7-12(15(17)18)13(9-10)16(3)11(2)14-5-4-8-19-14/h4-5,8,10-13H,6-7,9H2,1-3H3,(H,17,18). The Morgan fingerprint density at radius 2 is 2.26 bits per heavy atom. The molecule has 0 amide bonds. The molecule has 1 aromatic heterocycles. The molecule has 0 aliphatic heterocycles. The molecule has 1 saturated carbocycles. The maximum Gasteiger partial charge on any atom is 0.308 e. The summed E-state index contributed by atoms with van der Waals surface area (Å²) >= 11 is 1.74. The second kappa shape index (κ2) is 6.06. The minimum absolute atomic E-state index is 0.151. The zero-order valence-electron chi connectivity index (χ0n) is 11.9. The molecule has 4 atom stereocenters. The number of carboxylic acids is 1. The highest BCUT2D eigenvalue weighted by molar-refractivity contribution is 7.10. The van der Waals surface area contributed by atoms with Gasteiger partial charge in [-0.05, 0) is 50.6 Å². The van der Waals surface area contributed by atoms with Crippen molar-refractivity contribution in [3.05, 3.63) is 22.4 Å². The molecule has 0 spiro atoms. The fraction of sp³-hybridized carbons (Fsp3) is 0.667. The van der Waals surface area contributed by atoms with Crippen molar-refractivity contribution in [2.45, 2.75) is 45.2 Å². The van der Waals surface area contributed by atoms with Crippen LogP contribution in [0.25, 0.3) is 0 Å². The first-order chi connectivity index (χ1) is 9.00. The molecule has 1 aliphatic rings. The largest absolute Gasteiger partial charge is 0.481 e. The monoisotopic (exact) mass is 281 g/mol. The number of hydrogen-bond acceptors (Lipinski definition) is 3. The van der Waals surface area contributed by atoms with Gasteiger partial charge < -0.3 is 5.11 Å². The number of nitrogens with zero attached hydrogens (tertiary/aromatic N) is 1. The maximum absolute atomic E-state index is 11.5. The highest BCUT2D eigenvalue weighted by Gasteiger charge is 2.37. The molecule has 4 unspecified atom stereocenters. The number of carboxylic acid groups (broad SMARTS) is 1. The van der Waals surface area contributed by atoms with Crippen LogP contribution in [-0.2, 0) is 4.79 Å². The second-order valence-electron chi connectivity index (χ2n) is 5.79. The summed E-state index contributed by atoms with van der Waals surface area (Å²) in [5, 5.41) is 11.5. The van der Waals surface area contributed by atoms with Gasteiger partial charge in [-0.3, -0.25) is 9.69 Å². The third-order valence-electron chi connectivity index (χ3n) is 4.48. The topological polar surface area (TPSA) is 40.5 Å². The molecular formula is C15H23NO2S. The summed E-state index contributed by atoms with van der Waals surface area (Å²) in [6.45, 7) is 4.40. The van der Waals surface area contributed by atoms with Crippen molar-refractivity contribution in [3.63, 3.8) is 0 Å². The lowest BCUT2D eigenvalue weighted by atomic mass is 9.78. The number of hydrogen-bond donors (Lipinski definition) is 1. The van der Waals surface area contributed by atoms with E-state index in [4.69, 9.17) is 0 Å². The zero-order chi connectivity index (χ0) is 14.0. The number of thiophene rings is 1. The molecule has 1 heterocycles. The number of aliphatic carboxylic acids is 1. The maximum atomic E-state index is 11.5. The first-order valence-electron chi connectivity index (χ1n) is 6.98. The van der Waals surface area contributed by atoms with Crippen LogP contribution in [-0.4, -0.2) is 29.1 Å². The van der Waals surface area contributed by atoms with Crippen LogP contribution >= 0.6 is 11.3 Å². The average Bonchev–Trinajstić information content (AvgIpc) is 2.90. The summed E-state index contributed by atoms with van der Waals surface area (Å²) < 4.78 is 0. The van der Waals surface area contributed by atoms with E-state index in [1.165, 1.54) is 4.88 Å². The Bertz CT molecular complexity index is 418. The predicted octanol–water partition coefficient (Wildman–Crippen LogP) is 3.63. The molecule has 0 bridgehead atoms. The molecule has 0 saturated heterocycles. The fourth-order valence-electron chi connectivity index (χ4n) is 3.11. The van der Waals surface area contributed by atoms with Crippen molar-refractivity contribution < 1.29 is 9.90 Å². The first-order valence-corrected chi connectivity index (χ1v) is 7.86. The first kappa shape index (κ1) is 14.5. The Hall–Kier alpha value is -0.870. The van der Waals surface area contributed by atoms with E-state index in [2.05, 4.69) is 43.3 Å². The molecule has 3 nitrogen and oxygen atoms in total. The summed E-state index contributed by atoms with van der Waals surface area (Å²) in [5.41, 5.74) is 0. The van der Waals surface area contributed by atoms with Gasteiger partial charge in [-0.15, -0.1) is 11.3 Å². The van der Waals surface area contributed by atoms with Gasteiger partial charge in [0.2, 0.25) is 0 Å². The van der Waals surface area contributed by atoms with Crippen molar-refractivity contribution in [1.82, 2.24) is 4.90 Å². The van der Waals surface area contributed by atoms with Gasteiger partial charge in [-0.25, -0.2) is 0 Å². The van der Waals surface area contributed by atoms with Crippen LogP contribution in [0.4, 0.5) is 0 Å². The second-order valence-corrected chi connectivity index (χ2v) is 6.77. The molecule has 2 rings (SSSR count). The molecular weight excluding hydrogens is 258 g/mol. The van der Waals surface area contributed by atoms with E-state index in [1.54, 1.807) is 11.3 Å². The van der Waals surface area contributed by atoms with Crippen LogP contribution < -0.4 is 0 Å². The Morgan fingerprint density at radius 3 is 2.84 bits per heavy atom. The smallest absolute Gasteiger partial charge is 0.308 e. The lowest BCUT2D eigenvalue weighted by Gasteiger charge is -2.41. The van der Waals surface area contributed by atoms with Crippen molar-refractivity contribution in [3.8, 4) is 0 Å². The Balaban J connectivity index is 2.14. The van der Waals surface area contributed by atoms with Crippen LogP contribution in [0.2, 0.25) is 0 Å². The quantitative estimate of drug-likeness (QED) is 0.916. The lowest BCUT2D eigenvalue weighted by Crippen LogP contribution is -2.45. The lowest BCUT2D eigenvalue weighted by molar-refractivity contribution is -0.146. The highest BCUT2D eigenvalue weighted by Crippen LogP contribution is 2.36. The summed E-state index contributed by atoms with van der Waals surface area (Å²) in [6, 6.07) is 4.63. The van der Waals surface area contributed by atoms with Crippen LogP contribution in [0.15, 0.2) is 17.5 Å². The molecule has 106 valence electrons. The molecule has 1 N–H and O–H groups in total. The van der Waals surface area contributed by atoms with Crippen molar-refractivity contribution in [2.75, 3.05) is 7.05 Å². The molecule has 1 aliphatic carbocycles. The Morgan fingerprint density at radius 1 is 1.53 bits per heavy atom. The molecule has 1 aromatic rings.